The molecule has 0 spiro atoms. The molecule has 1 radical (unpaired) electrons. The van der Waals surface area contributed by atoms with Gasteiger partial charge in [0.2, 0.25) is 0 Å². The zero-order valence-corrected chi connectivity index (χ0v) is 12.9. The highest BCUT2D eigenvalue weighted by atomic mass is 16.1. The van der Waals surface area contributed by atoms with Gasteiger partial charge in [-0.1, -0.05) is 65.8 Å². The van der Waals surface area contributed by atoms with Crippen molar-refractivity contribution >= 4 is 6.41 Å². The van der Waals surface area contributed by atoms with Crippen LogP contribution in [0.2, 0.25) is 0 Å². The van der Waals surface area contributed by atoms with Crippen LogP contribution in [-0.2, 0) is 10.3 Å². The molecular formula is C17H26NO. The van der Waals surface area contributed by atoms with Crippen molar-refractivity contribution in [3.63, 3.8) is 0 Å². The fourth-order valence-electron chi connectivity index (χ4n) is 3.11. The van der Waals surface area contributed by atoms with E-state index in [0.717, 1.165) is 0 Å². The monoisotopic (exact) mass is 260 g/mol. The Bertz CT molecular complexity index is 413. The van der Waals surface area contributed by atoms with Crippen molar-refractivity contribution < 1.29 is 4.79 Å². The van der Waals surface area contributed by atoms with Crippen molar-refractivity contribution in [3.05, 3.63) is 35.4 Å². The van der Waals surface area contributed by atoms with Gasteiger partial charge in [0, 0.05) is 0 Å². The summed E-state index contributed by atoms with van der Waals surface area (Å²) in [6, 6.07) is 8.41. The minimum atomic E-state index is -0.359. The zero-order valence-electron chi connectivity index (χ0n) is 12.9. The quantitative estimate of drug-likeness (QED) is 0.770. The van der Waals surface area contributed by atoms with Crippen LogP contribution in [-0.4, -0.2) is 6.41 Å². The second kappa shape index (κ2) is 6.23. The first-order valence-electron chi connectivity index (χ1n) is 7.11. The van der Waals surface area contributed by atoms with E-state index >= 15 is 0 Å². The number of nitrogens with one attached hydrogen (secondary N) is 1. The Labute approximate surface area is 117 Å². The normalized spacial score (nSPS) is 12.3. The summed E-state index contributed by atoms with van der Waals surface area (Å²) in [7, 11) is 0. The average molecular weight is 260 g/mol. The van der Waals surface area contributed by atoms with Gasteiger partial charge in [-0.15, -0.1) is 0 Å². The van der Waals surface area contributed by atoms with Crippen LogP contribution in [0.1, 0.15) is 58.6 Å². The van der Waals surface area contributed by atoms with E-state index in [9.17, 15) is 4.79 Å². The van der Waals surface area contributed by atoms with E-state index in [1.807, 2.05) is 12.5 Å². The summed E-state index contributed by atoms with van der Waals surface area (Å²) in [6.45, 7) is 13.0. The third-order valence-electron chi connectivity index (χ3n) is 4.11. The summed E-state index contributed by atoms with van der Waals surface area (Å²) in [4.78, 5) is 11.0. The first-order chi connectivity index (χ1) is 8.87. The minimum Gasteiger partial charge on any atom is -0.338 e. The maximum Gasteiger partial charge on any atom is 0.310 e. The Morgan fingerprint density at radius 3 is 1.95 bits per heavy atom. The van der Waals surface area contributed by atoms with Gasteiger partial charge in [0.05, 0.1) is 5.54 Å². The molecule has 0 saturated carbocycles. The lowest BCUT2D eigenvalue weighted by atomic mass is 9.69. The second-order valence-electron chi connectivity index (χ2n) is 6.15. The van der Waals surface area contributed by atoms with Crippen LogP contribution in [0.4, 0.5) is 0 Å². The van der Waals surface area contributed by atoms with Crippen LogP contribution in [0, 0.1) is 11.8 Å². The van der Waals surface area contributed by atoms with Crippen LogP contribution in [0.5, 0.6) is 0 Å². The summed E-state index contributed by atoms with van der Waals surface area (Å²) >= 11 is 0. The van der Waals surface area contributed by atoms with E-state index < -0.39 is 0 Å². The predicted octanol–water partition coefficient (Wildman–Crippen LogP) is 3.97. The standard InChI is InChI=1S/C17H26NO/c1-12(2)15-9-7-8-10-16(15)17(13(3)4,14(5)6)18-11-19/h7-10,12-14H,1-6H3,(H,18,19). The molecule has 19 heavy (non-hydrogen) atoms. The first kappa shape index (κ1) is 15.7. The molecule has 0 aromatic heterocycles. The van der Waals surface area contributed by atoms with E-state index in [-0.39, 0.29) is 5.54 Å². The summed E-state index contributed by atoms with van der Waals surface area (Å²) in [5, 5.41) is 3.00. The van der Waals surface area contributed by atoms with Crippen LogP contribution in [0.3, 0.4) is 0 Å². The van der Waals surface area contributed by atoms with Gasteiger partial charge in [0.25, 0.3) is 0 Å². The Hall–Kier alpha value is -1.31. The molecule has 2 heteroatoms. The fourth-order valence-corrected chi connectivity index (χ4v) is 3.11. The summed E-state index contributed by atoms with van der Waals surface area (Å²) in [5.74, 6) is 1.03. The highest BCUT2D eigenvalue weighted by Gasteiger charge is 2.40. The first-order valence-corrected chi connectivity index (χ1v) is 7.11. The molecular weight excluding hydrogens is 234 g/mol. The third-order valence-corrected chi connectivity index (χ3v) is 4.11. The Morgan fingerprint density at radius 2 is 1.53 bits per heavy atom. The number of rotatable bonds is 6. The van der Waals surface area contributed by atoms with Crippen molar-refractivity contribution in [1.82, 2.24) is 5.32 Å². The van der Waals surface area contributed by atoms with Gasteiger partial charge in [-0.25, -0.2) is 0 Å². The molecule has 0 fully saturated rings. The minimum absolute atomic E-state index is 0.300. The maximum atomic E-state index is 11.0. The van der Waals surface area contributed by atoms with Crippen LogP contribution < -0.4 is 5.32 Å². The van der Waals surface area contributed by atoms with Gasteiger partial charge in [-0.05, 0) is 28.9 Å². The molecule has 0 bridgehead atoms. The van der Waals surface area contributed by atoms with E-state index in [1.54, 1.807) is 0 Å². The number of benzene rings is 1. The zero-order chi connectivity index (χ0) is 14.6. The molecule has 2 nitrogen and oxygen atoms in total. The molecule has 0 heterocycles. The molecule has 0 saturated heterocycles. The molecule has 0 unspecified atom stereocenters. The molecule has 1 aromatic rings. The average Bonchev–Trinajstić information content (AvgIpc) is 2.35. The molecule has 1 rings (SSSR count). The summed E-state index contributed by atoms with van der Waals surface area (Å²) in [6.07, 6.45) is 1.94. The second-order valence-corrected chi connectivity index (χ2v) is 6.15. The predicted molar refractivity (Wildman–Crippen MR) is 80.7 cm³/mol. The van der Waals surface area contributed by atoms with Crippen LogP contribution in [0.25, 0.3) is 0 Å². The van der Waals surface area contributed by atoms with Crippen molar-refractivity contribution in [3.8, 4) is 0 Å². The van der Waals surface area contributed by atoms with Crippen molar-refractivity contribution in [2.24, 2.45) is 11.8 Å². The summed E-state index contributed by atoms with van der Waals surface area (Å²) < 4.78 is 0. The molecule has 0 aliphatic rings. The van der Waals surface area contributed by atoms with Crippen LogP contribution in [0.15, 0.2) is 24.3 Å². The molecule has 0 aliphatic carbocycles. The lowest BCUT2D eigenvalue weighted by Crippen LogP contribution is -2.51. The van der Waals surface area contributed by atoms with Gasteiger partial charge < -0.3 is 5.32 Å². The smallest absolute Gasteiger partial charge is 0.310 e. The lowest BCUT2D eigenvalue weighted by molar-refractivity contribution is 0.191. The number of carbonyl (C=O) groups excluding carboxylic acids is 1. The van der Waals surface area contributed by atoms with Gasteiger partial charge in [0.1, 0.15) is 0 Å². The van der Waals surface area contributed by atoms with Gasteiger partial charge in [-0.3, -0.25) is 4.79 Å². The van der Waals surface area contributed by atoms with E-state index in [4.69, 9.17) is 0 Å². The number of amides is 1. The van der Waals surface area contributed by atoms with Gasteiger partial charge in [-0.2, -0.15) is 0 Å². The van der Waals surface area contributed by atoms with Crippen molar-refractivity contribution in [1.29, 1.82) is 0 Å². The van der Waals surface area contributed by atoms with Crippen LogP contribution >= 0.6 is 0 Å². The Kier molecular flexibility index (Phi) is 5.16. The molecule has 105 valence electrons. The SMILES string of the molecule is CC(C)c1ccccc1C(N[C]=O)(C(C)C)C(C)C. The number of hydrogen-bond acceptors (Lipinski definition) is 1. The Morgan fingerprint density at radius 1 is 1.00 bits per heavy atom. The molecule has 1 aromatic carbocycles. The molecule has 0 aliphatic heterocycles. The molecule has 0 atom stereocenters. The van der Waals surface area contributed by atoms with Gasteiger partial charge >= 0.3 is 6.41 Å². The van der Waals surface area contributed by atoms with Crippen molar-refractivity contribution in [2.45, 2.75) is 53.0 Å². The largest absolute Gasteiger partial charge is 0.338 e. The third kappa shape index (κ3) is 2.83. The highest BCUT2D eigenvalue weighted by molar-refractivity contribution is 5.52. The van der Waals surface area contributed by atoms with Gasteiger partial charge in [0.15, 0.2) is 0 Å². The van der Waals surface area contributed by atoms with E-state index in [1.165, 1.54) is 11.1 Å². The highest BCUT2D eigenvalue weighted by Crippen LogP contribution is 2.40. The topological polar surface area (TPSA) is 29.1 Å². The summed E-state index contributed by atoms with van der Waals surface area (Å²) in [5.41, 5.74) is 2.16. The Balaban J connectivity index is 3.52. The maximum absolute atomic E-state index is 11.0. The molecule has 1 amide bonds. The fraction of sp³-hybridized carbons (Fsp3) is 0.588. The van der Waals surface area contributed by atoms with E-state index in [2.05, 4.69) is 65.1 Å². The number of hydrogen-bond donors (Lipinski definition) is 1. The van der Waals surface area contributed by atoms with Crippen molar-refractivity contribution in [2.75, 3.05) is 0 Å². The van der Waals surface area contributed by atoms with E-state index in [0.29, 0.717) is 17.8 Å². The lowest BCUT2D eigenvalue weighted by Gasteiger charge is -2.43. The molecule has 1 N–H and O–H groups in total.